The minimum atomic E-state index is -0.369. The number of amides is 1. The molecular formula is C20H17ClFN3O. The molecule has 0 fully saturated rings. The summed E-state index contributed by atoms with van der Waals surface area (Å²) in [4.78, 5) is 18.8. The normalized spacial score (nSPS) is 13.5. The molecule has 0 saturated carbocycles. The minimum Gasteiger partial charge on any atom is -0.360 e. The van der Waals surface area contributed by atoms with Crippen molar-refractivity contribution in [3.63, 3.8) is 0 Å². The van der Waals surface area contributed by atoms with Crippen LogP contribution in [0.4, 0.5) is 15.9 Å². The fourth-order valence-corrected chi connectivity index (χ4v) is 3.58. The van der Waals surface area contributed by atoms with Crippen molar-refractivity contribution in [2.75, 3.05) is 23.3 Å². The molecule has 4 nitrogen and oxygen atoms in total. The van der Waals surface area contributed by atoms with Crippen LogP contribution in [0.25, 0.3) is 10.8 Å². The molecule has 26 heavy (non-hydrogen) atoms. The van der Waals surface area contributed by atoms with E-state index in [2.05, 4.69) is 16.4 Å². The summed E-state index contributed by atoms with van der Waals surface area (Å²) in [7, 11) is 0. The zero-order valence-corrected chi connectivity index (χ0v) is 14.8. The fraction of sp³-hybridized carbons (Fsp3) is 0.200. The van der Waals surface area contributed by atoms with Gasteiger partial charge in [0.2, 0.25) is 5.91 Å². The number of benzene rings is 2. The Labute approximate surface area is 155 Å². The molecule has 1 aromatic heterocycles. The maximum absolute atomic E-state index is 14.0. The van der Waals surface area contributed by atoms with Gasteiger partial charge in [-0.15, -0.1) is 0 Å². The lowest BCUT2D eigenvalue weighted by Gasteiger charge is -2.29. The molecule has 132 valence electrons. The quantitative estimate of drug-likeness (QED) is 0.695. The van der Waals surface area contributed by atoms with Crippen LogP contribution in [0.1, 0.15) is 12.0 Å². The monoisotopic (exact) mass is 369 g/mol. The molecule has 0 radical (unpaired) electrons. The van der Waals surface area contributed by atoms with Crippen molar-refractivity contribution in [3.8, 4) is 0 Å². The van der Waals surface area contributed by atoms with E-state index in [1.165, 1.54) is 17.7 Å². The van der Waals surface area contributed by atoms with Crippen molar-refractivity contribution in [2.45, 2.75) is 12.8 Å². The summed E-state index contributed by atoms with van der Waals surface area (Å²) in [5.41, 5.74) is 2.14. The summed E-state index contributed by atoms with van der Waals surface area (Å²) in [6.07, 6.45) is 1.92. The van der Waals surface area contributed by atoms with E-state index in [1.54, 1.807) is 17.0 Å². The third-order valence-corrected chi connectivity index (χ3v) is 4.80. The number of hydrogen-bond donors (Lipinski definition) is 1. The highest BCUT2D eigenvalue weighted by Gasteiger charge is 2.22. The smallest absolute Gasteiger partial charge is 0.246 e. The molecule has 6 heteroatoms. The molecule has 1 aliphatic rings. The number of nitrogens with one attached hydrogen (secondary N) is 1. The maximum atomic E-state index is 14.0. The Morgan fingerprint density at radius 2 is 2.04 bits per heavy atom. The summed E-state index contributed by atoms with van der Waals surface area (Å²) < 4.78 is 14.0. The van der Waals surface area contributed by atoms with E-state index >= 15 is 0 Å². The number of aryl methyl sites for hydroxylation is 1. The van der Waals surface area contributed by atoms with Gasteiger partial charge in [-0.3, -0.25) is 4.79 Å². The summed E-state index contributed by atoms with van der Waals surface area (Å²) in [5.74, 6) is -0.0137. The van der Waals surface area contributed by atoms with E-state index in [-0.39, 0.29) is 23.4 Å². The van der Waals surface area contributed by atoms with Gasteiger partial charge >= 0.3 is 0 Å². The number of nitrogens with zero attached hydrogens (tertiary/aromatic N) is 2. The second-order valence-corrected chi connectivity index (χ2v) is 6.65. The Bertz CT molecular complexity index is 992. The van der Waals surface area contributed by atoms with Gasteiger partial charge in [-0.1, -0.05) is 41.9 Å². The van der Waals surface area contributed by atoms with Crippen molar-refractivity contribution < 1.29 is 9.18 Å². The first-order valence-corrected chi connectivity index (χ1v) is 8.88. The molecule has 2 heterocycles. The molecule has 0 saturated heterocycles. The lowest BCUT2D eigenvalue weighted by Crippen LogP contribution is -2.39. The van der Waals surface area contributed by atoms with Crippen LogP contribution in [-0.4, -0.2) is 24.0 Å². The van der Waals surface area contributed by atoms with Crippen molar-refractivity contribution in [3.05, 3.63) is 65.1 Å². The lowest BCUT2D eigenvalue weighted by molar-refractivity contribution is -0.117. The zero-order chi connectivity index (χ0) is 18.1. The predicted molar refractivity (Wildman–Crippen MR) is 102 cm³/mol. The van der Waals surface area contributed by atoms with Crippen LogP contribution in [0.5, 0.6) is 0 Å². The van der Waals surface area contributed by atoms with Crippen molar-refractivity contribution >= 4 is 39.8 Å². The van der Waals surface area contributed by atoms with E-state index in [0.717, 1.165) is 18.5 Å². The number of carbonyl (C=O) groups excluding carboxylic acids is 1. The first-order chi connectivity index (χ1) is 12.6. The Morgan fingerprint density at radius 1 is 1.19 bits per heavy atom. The third-order valence-electron chi connectivity index (χ3n) is 4.61. The van der Waals surface area contributed by atoms with Gasteiger partial charge < -0.3 is 10.2 Å². The van der Waals surface area contributed by atoms with E-state index in [9.17, 15) is 9.18 Å². The number of rotatable bonds is 3. The number of halogens is 2. The van der Waals surface area contributed by atoms with Crippen LogP contribution >= 0.6 is 11.6 Å². The van der Waals surface area contributed by atoms with E-state index < -0.39 is 0 Å². The maximum Gasteiger partial charge on any atom is 0.246 e. The number of anilines is 2. The van der Waals surface area contributed by atoms with Crippen molar-refractivity contribution in [1.29, 1.82) is 0 Å². The van der Waals surface area contributed by atoms with Gasteiger partial charge in [0, 0.05) is 23.0 Å². The highest BCUT2D eigenvalue weighted by Crippen LogP contribution is 2.28. The molecule has 0 aliphatic carbocycles. The molecule has 1 amide bonds. The van der Waals surface area contributed by atoms with Gasteiger partial charge in [0.1, 0.15) is 16.8 Å². The largest absolute Gasteiger partial charge is 0.360 e. The number of hydrogen-bond acceptors (Lipinski definition) is 3. The fourth-order valence-electron chi connectivity index (χ4n) is 3.39. The van der Waals surface area contributed by atoms with Crippen LogP contribution in [0.15, 0.2) is 48.5 Å². The van der Waals surface area contributed by atoms with Crippen LogP contribution in [0, 0.1) is 5.82 Å². The molecular weight excluding hydrogens is 353 g/mol. The van der Waals surface area contributed by atoms with Gasteiger partial charge in [-0.05, 0) is 36.6 Å². The standard InChI is InChI=1S/C20H17ClFN3O/c21-18-11-15-14(7-3-8-16(15)22)20(24-18)23-12-19(26)25-10-4-6-13-5-1-2-9-17(13)25/h1-3,5,7-9,11H,4,6,10,12H2,(H,23,24). The van der Waals surface area contributed by atoms with Gasteiger partial charge in [-0.25, -0.2) is 9.37 Å². The van der Waals surface area contributed by atoms with Gasteiger partial charge in [0.15, 0.2) is 0 Å². The molecule has 0 bridgehead atoms. The molecule has 3 aromatic rings. The molecule has 1 N–H and O–H groups in total. The summed E-state index contributed by atoms with van der Waals surface area (Å²) >= 11 is 6.01. The van der Waals surface area contributed by atoms with E-state index in [1.807, 2.05) is 18.2 Å². The second-order valence-electron chi connectivity index (χ2n) is 6.26. The van der Waals surface area contributed by atoms with E-state index in [4.69, 9.17) is 11.6 Å². The molecule has 0 unspecified atom stereocenters. The molecule has 4 rings (SSSR count). The Balaban J connectivity index is 1.58. The topological polar surface area (TPSA) is 45.2 Å². The summed E-state index contributed by atoms with van der Waals surface area (Å²) in [6, 6.07) is 14.2. The number of pyridine rings is 1. The summed E-state index contributed by atoms with van der Waals surface area (Å²) in [5, 5.41) is 4.19. The SMILES string of the molecule is O=C(CNc1nc(Cl)cc2c(F)cccc12)N1CCCc2ccccc21. The van der Waals surface area contributed by atoms with Crippen molar-refractivity contribution in [2.24, 2.45) is 0 Å². The predicted octanol–water partition coefficient (Wildman–Crippen LogP) is 4.42. The van der Waals surface area contributed by atoms with Crippen molar-refractivity contribution in [1.82, 2.24) is 4.98 Å². The number of carbonyl (C=O) groups is 1. The van der Waals surface area contributed by atoms with E-state index in [0.29, 0.717) is 23.1 Å². The molecule has 1 aliphatic heterocycles. The third kappa shape index (κ3) is 3.10. The molecule has 0 spiro atoms. The average Bonchev–Trinajstić information content (AvgIpc) is 2.66. The van der Waals surface area contributed by atoms with Gasteiger partial charge in [0.05, 0.1) is 6.54 Å². The molecule has 2 aromatic carbocycles. The summed E-state index contributed by atoms with van der Waals surface area (Å²) in [6.45, 7) is 0.753. The highest BCUT2D eigenvalue weighted by atomic mass is 35.5. The van der Waals surface area contributed by atoms with Crippen LogP contribution in [-0.2, 0) is 11.2 Å². The second kappa shape index (κ2) is 6.92. The zero-order valence-electron chi connectivity index (χ0n) is 14.0. The lowest BCUT2D eigenvalue weighted by atomic mass is 10.0. The Hall–Kier alpha value is -2.66. The van der Waals surface area contributed by atoms with Gasteiger partial charge in [0.25, 0.3) is 0 Å². The molecule has 0 atom stereocenters. The number of aromatic nitrogens is 1. The first kappa shape index (κ1) is 16.8. The van der Waals surface area contributed by atoms with Gasteiger partial charge in [-0.2, -0.15) is 0 Å². The number of fused-ring (bicyclic) bond motifs is 2. The average molecular weight is 370 g/mol. The Morgan fingerprint density at radius 3 is 2.92 bits per heavy atom. The van der Waals surface area contributed by atoms with Crippen LogP contribution in [0.3, 0.4) is 0 Å². The number of para-hydroxylation sites is 1. The van der Waals surface area contributed by atoms with Crippen LogP contribution in [0.2, 0.25) is 5.15 Å². The first-order valence-electron chi connectivity index (χ1n) is 8.50. The Kier molecular flexibility index (Phi) is 4.47. The van der Waals surface area contributed by atoms with Crippen LogP contribution < -0.4 is 10.2 Å². The minimum absolute atomic E-state index is 0.0523. The highest BCUT2D eigenvalue weighted by molar-refractivity contribution is 6.30.